The first-order chi connectivity index (χ1) is 19.6. The molecule has 0 saturated carbocycles. The van der Waals surface area contributed by atoms with E-state index in [4.69, 9.17) is 16.3 Å². The fraction of sp³-hybridized carbons (Fsp3) is 0.500. The highest BCUT2D eigenvalue weighted by molar-refractivity contribution is 7.13. The van der Waals surface area contributed by atoms with Crippen LogP contribution in [-0.4, -0.2) is 100 Å². The predicted molar refractivity (Wildman–Crippen MR) is 164 cm³/mol. The van der Waals surface area contributed by atoms with Gasteiger partial charge in [-0.1, -0.05) is 11.6 Å². The number of fused-ring (bicyclic) bond motifs is 2. The first kappa shape index (κ1) is 32.2. The summed E-state index contributed by atoms with van der Waals surface area (Å²) in [7, 11) is 1.46. The number of ether oxygens (including phenoxy) is 1. The molecule has 14 heteroatoms. The van der Waals surface area contributed by atoms with Crippen LogP contribution in [0.25, 0.3) is 10.9 Å². The number of aliphatic hydroxyl groups excluding tert-OH is 1. The molecule has 0 spiro atoms. The van der Waals surface area contributed by atoms with Crippen LogP contribution in [0.2, 0.25) is 5.02 Å². The molecular weight excluding hydrogens is 603 g/mol. The molecule has 4 N–H and O–H groups in total. The number of nitrogens with zero attached hydrogens (tertiary/aromatic N) is 3. The lowest BCUT2D eigenvalue weighted by Gasteiger charge is -2.39. The number of halogens is 2. The summed E-state index contributed by atoms with van der Waals surface area (Å²) in [6.45, 7) is 5.97. The molecule has 2 aromatic heterocycles. The molecule has 2 aliphatic heterocycles. The van der Waals surface area contributed by atoms with E-state index < -0.39 is 12.1 Å². The molecule has 5 rings (SSSR count). The van der Waals surface area contributed by atoms with Crippen molar-refractivity contribution in [1.29, 1.82) is 0 Å². The second kappa shape index (κ2) is 13.3. The zero-order valence-corrected chi connectivity index (χ0v) is 26.1. The van der Waals surface area contributed by atoms with Crippen molar-refractivity contribution in [3.63, 3.8) is 0 Å². The second-order valence-electron chi connectivity index (χ2n) is 11.2. The van der Waals surface area contributed by atoms with E-state index >= 15 is 0 Å². The number of thiazole rings is 1. The van der Waals surface area contributed by atoms with Crippen molar-refractivity contribution in [3.8, 4) is 0 Å². The Bertz CT molecular complexity index is 1460. The van der Waals surface area contributed by atoms with Gasteiger partial charge >= 0.3 is 0 Å². The first-order valence-electron chi connectivity index (χ1n) is 13.6. The van der Waals surface area contributed by atoms with Gasteiger partial charge in [0.1, 0.15) is 12.3 Å². The zero-order chi connectivity index (χ0) is 29.3. The van der Waals surface area contributed by atoms with Gasteiger partial charge in [-0.15, -0.1) is 23.7 Å². The smallest absolute Gasteiger partial charge is 0.280 e. The van der Waals surface area contributed by atoms with E-state index in [1.54, 1.807) is 23.1 Å². The number of methoxy groups -OCH3 is 1. The summed E-state index contributed by atoms with van der Waals surface area (Å²) in [6, 6.07) is 6.14. The molecule has 2 atom stereocenters. The Balaban J connectivity index is 0.00000405. The lowest BCUT2D eigenvalue weighted by atomic mass is 9.98. The molecule has 0 radical (unpaired) electrons. The maximum Gasteiger partial charge on any atom is 0.280 e. The Labute approximate surface area is 259 Å². The number of aromatic amines is 1. The lowest BCUT2D eigenvalue weighted by molar-refractivity contribution is -0.136. The number of H-pyrrole nitrogens is 1. The number of carbonyl (C=O) groups excluding carboxylic acids is 3. The van der Waals surface area contributed by atoms with Gasteiger partial charge in [0, 0.05) is 66.1 Å². The van der Waals surface area contributed by atoms with Crippen LogP contribution in [0.5, 0.6) is 0 Å². The monoisotopic (exact) mass is 638 g/mol. The quantitative estimate of drug-likeness (QED) is 0.297. The molecule has 3 aromatic rings. The molecule has 228 valence electrons. The number of rotatable bonds is 8. The SMILES string of the molecule is COCC(=O)N1CCC(NC(=O)c2cc3cc(Cl)ccc3[nH]2)C(NC(=O)c2nc3c(s2)CN(C(C)(C)CO)CC3)C1.Cl. The van der Waals surface area contributed by atoms with Gasteiger partial charge in [-0.2, -0.15) is 0 Å². The number of piperidine rings is 1. The summed E-state index contributed by atoms with van der Waals surface area (Å²) in [4.78, 5) is 51.9. The van der Waals surface area contributed by atoms with Crippen LogP contribution in [0, 0.1) is 0 Å². The topological polar surface area (TPSA) is 140 Å². The average Bonchev–Trinajstić information content (AvgIpc) is 3.58. The minimum Gasteiger partial charge on any atom is -0.394 e. The minimum absolute atomic E-state index is 0. The molecule has 42 heavy (non-hydrogen) atoms. The van der Waals surface area contributed by atoms with Crippen LogP contribution in [0.3, 0.4) is 0 Å². The average molecular weight is 640 g/mol. The largest absolute Gasteiger partial charge is 0.394 e. The third-order valence-corrected chi connectivity index (χ3v) is 9.18. The van der Waals surface area contributed by atoms with E-state index in [0.29, 0.717) is 41.7 Å². The molecule has 2 unspecified atom stereocenters. The maximum atomic E-state index is 13.4. The van der Waals surface area contributed by atoms with Gasteiger partial charge < -0.3 is 30.4 Å². The van der Waals surface area contributed by atoms with Gasteiger partial charge in [0.05, 0.1) is 24.4 Å². The van der Waals surface area contributed by atoms with Gasteiger partial charge in [0.15, 0.2) is 5.01 Å². The van der Waals surface area contributed by atoms with E-state index in [1.807, 2.05) is 19.9 Å². The molecule has 4 heterocycles. The van der Waals surface area contributed by atoms with Crippen LogP contribution in [-0.2, 0) is 22.5 Å². The minimum atomic E-state index is -0.537. The summed E-state index contributed by atoms with van der Waals surface area (Å²) < 4.78 is 5.03. The summed E-state index contributed by atoms with van der Waals surface area (Å²) in [6.07, 6.45) is 1.15. The van der Waals surface area contributed by atoms with Crippen molar-refractivity contribution in [3.05, 3.63) is 50.6 Å². The fourth-order valence-electron chi connectivity index (χ4n) is 5.32. The van der Waals surface area contributed by atoms with Crippen LogP contribution in [0.4, 0.5) is 0 Å². The molecule has 3 amide bonds. The van der Waals surface area contributed by atoms with E-state index in [1.165, 1.54) is 18.4 Å². The Hall–Kier alpha value is -2.74. The second-order valence-corrected chi connectivity index (χ2v) is 12.7. The highest BCUT2D eigenvalue weighted by atomic mass is 35.5. The van der Waals surface area contributed by atoms with Gasteiger partial charge in [-0.3, -0.25) is 19.3 Å². The summed E-state index contributed by atoms with van der Waals surface area (Å²) in [5.41, 5.74) is 1.70. The molecule has 1 saturated heterocycles. The number of hydrogen-bond acceptors (Lipinski definition) is 8. The standard InChI is InChI=1S/C28H35ClN6O5S.ClH/c1-28(2,15-36)35-9-7-20-23(13-35)41-27(33-20)26(39)32-22-12-34(24(37)14-40-3)8-6-19(22)31-25(38)21-11-16-10-17(29)4-5-18(16)30-21;/h4-5,10-11,19,22,30,36H,6-9,12-15H2,1-3H3,(H,31,38)(H,32,39);1H. The third-order valence-electron chi connectivity index (χ3n) is 7.86. The van der Waals surface area contributed by atoms with E-state index in [2.05, 4.69) is 25.5 Å². The Morgan fingerprint density at radius 1 is 1.19 bits per heavy atom. The third kappa shape index (κ3) is 6.90. The first-order valence-corrected chi connectivity index (χ1v) is 14.8. The van der Waals surface area contributed by atoms with Crippen LogP contribution in [0.15, 0.2) is 24.3 Å². The van der Waals surface area contributed by atoms with E-state index in [9.17, 15) is 19.5 Å². The Morgan fingerprint density at radius 2 is 1.95 bits per heavy atom. The predicted octanol–water partition coefficient (Wildman–Crippen LogP) is 2.60. The molecule has 11 nitrogen and oxygen atoms in total. The molecule has 2 aliphatic rings. The molecule has 1 aromatic carbocycles. The molecule has 0 aliphatic carbocycles. The highest BCUT2D eigenvalue weighted by Crippen LogP contribution is 2.29. The Morgan fingerprint density at radius 3 is 2.69 bits per heavy atom. The van der Waals surface area contributed by atoms with Crippen molar-refractivity contribution in [2.24, 2.45) is 0 Å². The lowest BCUT2D eigenvalue weighted by Crippen LogP contribution is -2.61. The molecule has 0 bridgehead atoms. The number of aromatic nitrogens is 2. The Kier molecular flexibility index (Phi) is 10.2. The highest BCUT2D eigenvalue weighted by Gasteiger charge is 2.36. The normalized spacial score (nSPS) is 19.2. The van der Waals surface area contributed by atoms with Gasteiger partial charge in [0.2, 0.25) is 5.91 Å². The van der Waals surface area contributed by atoms with Crippen LogP contribution < -0.4 is 10.6 Å². The van der Waals surface area contributed by atoms with Crippen molar-refractivity contribution < 1.29 is 24.2 Å². The van der Waals surface area contributed by atoms with Crippen molar-refractivity contribution in [2.75, 3.05) is 40.0 Å². The number of aliphatic hydroxyl groups is 1. The fourth-order valence-corrected chi connectivity index (χ4v) is 6.53. The van der Waals surface area contributed by atoms with Crippen molar-refractivity contribution >= 4 is 64.0 Å². The van der Waals surface area contributed by atoms with Crippen LogP contribution >= 0.6 is 35.3 Å². The number of nitrogens with one attached hydrogen (secondary N) is 3. The number of benzene rings is 1. The molecular formula is C28H36Cl2N6O5S. The number of hydrogen-bond donors (Lipinski definition) is 4. The maximum absolute atomic E-state index is 13.4. The summed E-state index contributed by atoms with van der Waals surface area (Å²) >= 11 is 7.44. The van der Waals surface area contributed by atoms with Gasteiger partial charge in [-0.05, 0) is 44.5 Å². The summed E-state index contributed by atoms with van der Waals surface area (Å²) in [5, 5.41) is 17.6. The number of likely N-dealkylation sites (tertiary alicyclic amines) is 1. The van der Waals surface area contributed by atoms with E-state index in [0.717, 1.165) is 28.0 Å². The van der Waals surface area contributed by atoms with Crippen molar-refractivity contribution in [1.82, 2.24) is 30.4 Å². The van der Waals surface area contributed by atoms with Crippen molar-refractivity contribution in [2.45, 2.75) is 50.9 Å². The van der Waals surface area contributed by atoms with E-state index in [-0.39, 0.29) is 55.4 Å². The van der Waals surface area contributed by atoms with Gasteiger partial charge in [-0.25, -0.2) is 4.98 Å². The van der Waals surface area contributed by atoms with Gasteiger partial charge in [0.25, 0.3) is 11.8 Å². The molecule has 1 fully saturated rings. The zero-order valence-electron chi connectivity index (χ0n) is 23.7. The number of carbonyl (C=O) groups is 3. The number of amides is 3. The summed E-state index contributed by atoms with van der Waals surface area (Å²) in [5.74, 6) is -0.835. The van der Waals surface area contributed by atoms with Crippen LogP contribution in [0.1, 0.15) is 51.1 Å².